The highest BCUT2D eigenvalue weighted by molar-refractivity contribution is 5.76. The lowest BCUT2D eigenvalue weighted by molar-refractivity contribution is -0.143. The molecule has 3 N–H and O–H groups in total. The van der Waals surface area contributed by atoms with Crippen LogP contribution in [0.25, 0.3) is 0 Å². The van der Waals surface area contributed by atoms with Gasteiger partial charge in [-0.25, -0.2) is 0 Å². The van der Waals surface area contributed by atoms with Gasteiger partial charge >= 0.3 is 5.97 Å². The largest absolute Gasteiger partial charge is 0.466 e. The summed E-state index contributed by atoms with van der Waals surface area (Å²) in [7, 11) is 0. The fourth-order valence-electron chi connectivity index (χ4n) is 11.4. The molecule has 1 amide bonds. The molecule has 6 nitrogen and oxygen atoms in total. The first-order valence-corrected chi connectivity index (χ1v) is 35.4. The SMILES string of the molecule is CCCCCCCCC/C=C\CCCCCCCCCC(=O)OCCCCCCCCCCCCCCCCCCCCCCCCCCCCCC(=O)NC(CO)C(O)CCCCCCCCCCCCCCCCC. The number of nitrogens with one attached hydrogen (secondary N) is 1. The Morgan fingerprint density at radius 1 is 0.351 bits per heavy atom. The number of ether oxygens (including phenoxy) is 1. The van der Waals surface area contributed by atoms with Gasteiger partial charge in [-0.2, -0.15) is 0 Å². The van der Waals surface area contributed by atoms with Crippen LogP contribution in [0.15, 0.2) is 12.2 Å². The number of carbonyl (C=O) groups is 2. The van der Waals surface area contributed by atoms with Gasteiger partial charge in [-0.3, -0.25) is 9.59 Å². The molecule has 0 rings (SSSR count). The average Bonchev–Trinajstić information content (AvgIpc) is 3.43. The summed E-state index contributed by atoms with van der Waals surface area (Å²) < 4.78 is 5.51. The van der Waals surface area contributed by atoms with Gasteiger partial charge in [0.25, 0.3) is 0 Å². The van der Waals surface area contributed by atoms with Crippen LogP contribution < -0.4 is 5.32 Å². The van der Waals surface area contributed by atoms with Crippen LogP contribution >= 0.6 is 0 Å². The summed E-state index contributed by atoms with van der Waals surface area (Å²) >= 11 is 0. The number of rotatable bonds is 67. The van der Waals surface area contributed by atoms with E-state index in [4.69, 9.17) is 4.74 Å². The maximum Gasteiger partial charge on any atom is 0.305 e. The van der Waals surface area contributed by atoms with Gasteiger partial charge in [0.1, 0.15) is 0 Å². The van der Waals surface area contributed by atoms with Crippen molar-refractivity contribution in [3.05, 3.63) is 12.2 Å². The van der Waals surface area contributed by atoms with Crippen molar-refractivity contribution in [1.29, 1.82) is 0 Å². The molecule has 0 spiro atoms. The zero-order chi connectivity index (χ0) is 55.7. The molecule has 0 bridgehead atoms. The van der Waals surface area contributed by atoms with Crippen molar-refractivity contribution in [2.24, 2.45) is 0 Å². The molecule has 2 atom stereocenters. The van der Waals surface area contributed by atoms with Gasteiger partial charge in [0.05, 0.1) is 25.4 Å². The van der Waals surface area contributed by atoms with E-state index in [1.165, 1.54) is 327 Å². The molecule has 0 radical (unpaired) electrons. The lowest BCUT2D eigenvalue weighted by atomic mass is 10.0. The van der Waals surface area contributed by atoms with Crippen molar-refractivity contribution < 1.29 is 24.5 Å². The molecule has 0 aromatic carbocycles. The fourth-order valence-corrected chi connectivity index (χ4v) is 11.4. The molecule has 0 aliphatic carbocycles. The second-order valence-electron chi connectivity index (χ2n) is 24.6. The number of esters is 1. The van der Waals surface area contributed by atoms with E-state index >= 15 is 0 Å². The number of amides is 1. The Balaban J connectivity index is 3.32. The standard InChI is InChI=1S/C71H139NO5/c1-3-5-7-9-11-13-15-17-19-20-33-37-41-45-49-53-57-61-65-71(76)77-66-62-58-54-50-46-42-38-34-31-29-27-25-23-21-22-24-26-28-30-32-36-40-44-48-52-56-60-64-70(75)72-68(67-73)69(74)63-59-55-51-47-43-39-35-18-16-14-12-10-8-6-4-2/h19-20,68-69,73-74H,3-18,21-67H2,1-2H3,(H,72,75)/b20-19-. The zero-order valence-corrected chi connectivity index (χ0v) is 52.5. The second kappa shape index (κ2) is 67.1. The summed E-state index contributed by atoms with van der Waals surface area (Å²) in [6.07, 6.45) is 82.6. The number of aliphatic hydroxyl groups excluding tert-OH is 2. The minimum atomic E-state index is -0.661. The maximum atomic E-state index is 12.5. The van der Waals surface area contributed by atoms with E-state index < -0.39 is 12.1 Å². The van der Waals surface area contributed by atoms with Crippen LogP contribution in [0, 0.1) is 0 Å². The second-order valence-corrected chi connectivity index (χ2v) is 24.6. The average molecular weight is 1090 g/mol. The molecule has 0 aromatic heterocycles. The minimum Gasteiger partial charge on any atom is -0.466 e. The van der Waals surface area contributed by atoms with Crippen LogP contribution in [0.1, 0.15) is 406 Å². The predicted octanol–water partition coefficient (Wildman–Crippen LogP) is 22.8. The van der Waals surface area contributed by atoms with Crippen molar-refractivity contribution >= 4 is 11.9 Å². The third-order valence-electron chi connectivity index (χ3n) is 16.8. The molecule has 0 saturated heterocycles. The smallest absolute Gasteiger partial charge is 0.305 e. The van der Waals surface area contributed by atoms with Crippen LogP contribution in [0.4, 0.5) is 0 Å². The summed E-state index contributed by atoms with van der Waals surface area (Å²) in [5.41, 5.74) is 0. The summed E-state index contributed by atoms with van der Waals surface area (Å²) in [6, 6.07) is -0.538. The van der Waals surface area contributed by atoms with E-state index in [-0.39, 0.29) is 18.5 Å². The molecule has 6 heteroatoms. The van der Waals surface area contributed by atoms with Crippen molar-refractivity contribution in [1.82, 2.24) is 5.32 Å². The highest BCUT2D eigenvalue weighted by atomic mass is 16.5. The van der Waals surface area contributed by atoms with Gasteiger partial charge in [0, 0.05) is 12.8 Å². The summed E-state index contributed by atoms with van der Waals surface area (Å²) in [5, 5.41) is 23.3. The van der Waals surface area contributed by atoms with E-state index in [0.717, 1.165) is 44.9 Å². The van der Waals surface area contributed by atoms with Crippen molar-refractivity contribution in [2.45, 2.75) is 418 Å². The van der Waals surface area contributed by atoms with Crippen LogP contribution in [0.5, 0.6) is 0 Å². The summed E-state index contributed by atoms with van der Waals surface area (Å²) in [6.45, 7) is 4.99. The van der Waals surface area contributed by atoms with Crippen LogP contribution in [-0.2, 0) is 14.3 Å². The Morgan fingerprint density at radius 3 is 0.922 bits per heavy atom. The van der Waals surface area contributed by atoms with Crippen LogP contribution in [0.3, 0.4) is 0 Å². The summed E-state index contributed by atoms with van der Waals surface area (Å²) in [5.74, 6) is -0.0127. The molecule has 0 aromatic rings. The Morgan fingerprint density at radius 2 is 0.610 bits per heavy atom. The van der Waals surface area contributed by atoms with E-state index in [0.29, 0.717) is 25.9 Å². The van der Waals surface area contributed by atoms with E-state index in [9.17, 15) is 19.8 Å². The highest BCUT2D eigenvalue weighted by Crippen LogP contribution is 2.19. The van der Waals surface area contributed by atoms with Crippen molar-refractivity contribution in [3.8, 4) is 0 Å². The minimum absolute atomic E-state index is 0.0162. The molecule has 0 saturated carbocycles. The van der Waals surface area contributed by atoms with Gasteiger partial charge in [-0.15, -0.1) is 0 Å². The van der Waals surface area contributed by atoms with Gasteiger partial charge < -0.3 is 20.3 Å². The molecule has 458 valence electrons. The molecule has 0 heterocycles. The van der Waals surface area contributed by atoms with E-state index in [2.05, 4.69) is 31.3 Å². The van der Waals surface area contributed by atoms with Crippen LogP contribution in [-0.4, -0.2) is 47.4 Å². The molecule has 77 heavy (non-hydrogen) atoms. The first-order chi connectivity index (χ1) is 38.0. The van der Waals surface area contributed by atoms with Gasteiger partial charge in [0.2, 0.25) is 5.91 Å². The number of carbonyl (C=O) groups excluding carboxylic acids is 2. The first-order valence-electron chi connectivity index (χ1n) is 35.4. The Kier molecular flexibility index (Phi) is 65.9. The first kappa shape index (κ1) is 75.6. The Labute approximate surface area is 482 Å². The Bertz CT molecular complexity index is 1160. The molecular formula is C71H139NO5. The van der Waals surface area contributed by atoms with Gasteiger partial charge in [-0.05, 0) is 51.4 Å². The third-order valence-corrected chi connectivity index (χ3v) is 16.8. The van der Waals surface area contributed by atoms with Gasteiger partial charge in [0.15, 0.2) is 0 Å². The molecule has 0 aliphatic heterocycles. The number of allylic oxidation sites excluding steroid dienone is 2. The number of aliphatic hydroxyl groups is 2. The van der Waals surface area contributed by atoms with Crippen LogP contribution in [0.2, 0.25) is 0 Å². The van der Waals surface area contributed by atoms with Crippen molar-refractivity contribution in [3.63, 3.8) is 0 Å². The number of unbranched alkanes of at least 4 members (excludes halogenated alkanes) is 54. The molecule has 2 unspecified atom stereocenters. The monoisotopic (exact) mass is 1090 g/mol. The quantitative estimate of drug-likeness (QED) is 0.0320. The topological polar surface area (TPSA) is 95.9 Å². The summed E-state index contributed by atoms with van der Waals surface area (Å²) in [4.78, 5) is 24.6. The number of hydrogen-bond donors (Lipinski definition) is 3. The predicted molar refractivity (Wildman–Crippen MR) is 338 cm³/mol. The van der Waals surface area contributed by atoms with Crippen molar-refractivity contribution in [2.75, 3.05) is 13.2 Å². The maximum absolute atomic E-state index is 12.5. The van der Waals surface area contributed by atoms with E-state index in [1.54, 1.807) is 0 Å². The van der Waals surface area contributed by atoms with E-state index in [1.807, 2.05) is 0 Å². The molecular weight excluding hydrogens is 947 g/mol. The third kappa shape index (κ3) is 63.6. The fraction of sp³-hybridized carbons (Fsp3) is 0.944. The lowest BCUT2D eigenvalue weighted by Crippen LogP contribution is -2.45. The number of hydrogen-bond acceptors (Lipinski definition) is 5. The molecule has 0 fully saturated rings. The van der Waals surface area contributed by atoms with Gasteiger partial charge in [-0.1, -0.05) is 353 Å². The lowest BCUT2D eigenvalue weighted by Gasteiger charge is -2.22. The Hall–Kier alpha value is -1.40. The zero-order valence-electron chi connectivity index (χ0n) is 52.5. The normalized spacial score (nSPS) is 12.5. The highest BCUT2D eigenvalue weighted by Gasteiger charge is 2.20. The molecule has 0 aliphatic rings.